The molecule has 4 nitrogen and oxygen atoms in total. The molecule has 0 aliphatic rings. The largest absolute Gasteiger partial charge is 0.356 e. The Bertz CT molecular complexity index is 945. The number of nitrogens with zero attached hydrogens (tertiary/aromatic N) is 2. The lowest BCUT2D eigenvalue weighted by Crippen LogP contribution is -2.22. The molecule has 1 amide bonds. The highest BCUT2D eigenvalue weighted by molar-refractivity contribution is 5.91. The lowest BCUT2D eigenvalue weighted by molar-refractivity contribution is -0.115. The van der Waals surface area contributed by atoms with Crippen molar-refractivity contribution in [1.29, 1.82) is 0 Å². The SMILES string of the molecule is CNC(=O)/C=C/c1cccc(-c2nc3ccccc3n2C(C)(C)C)c1. The van der Waals surface area contributed by atoms with E-state index >= 15 is 0 Å². The first-order chi connectivity index (χ1) is 11.9. The van der Waals surface area contributed by atoms with Crippen molar-refractivity contribution in [2.45, 2.75) is 26.3 Å². The van der Waals surface area contributed by atoms with Crippen LogP contribution < -0.4 is 5.32 Å². The highest BCUT2D eigenvalue weighted by Gasteiger charge is 2.22. The van der Waals surface area contributed by atoms with Crippen molar-refractivity contribution >= 4 is 23.0 Å². The van der Waals surface area contributed by atoms with Crippen LogP contribution in [0.2, 0.25) is 0 Å². The second kappa shape index (κ2) is 6.55. The summed E-state index contributed by atoms with van der Waals surface area (Å²) in [6, 6.07) is 16.3. The highest BCUT2D eigenvalue weighted by Crippen LogP contribution is 2.31. The van der Waals surface area contributed by atoms with Gasteiger partial charge in [-0.2, -0.15) is 0 Å². The van der Waals surface area contributed by atoms with Crippen LogP contribution in [0, 0.1) is 0 Å². The molecule has 0 unspecified atom stereocenters. The first kappa shape index (κ1) is 17.0. The van der Waals surface area contributed by atoms with Crippen LogP contribution in [-0.2, 0) is 10.3 Å². The average molecular weight is 333 g/mol. The smallest absolute Gasteiger partial charge is 0.243 e. The summed E-state index contributed by atoms with van der Waals surface area (Å²) in [5, 5.41) is 2.59. The van der Waals surface area contributed by atoms with Crippen LogP contribution in [0.15, 0.2) is 54.6 Å². The number of imidazole rings is 1. The third-order valence-corrected chi connectivity index (χ3v) is 4.05. The zero-order valence-corrected chi connectivity index (χ0v) is 15.1. The third-order valence-electron chi connectivity index (χ3n) is 4.05. The first-order valence-corrected chi connectivity index (χ1v) is 8.38. The Morgan fingerprint density at radius 2 is 1.88 bits per heavy atom. The van der Waals surface area contributed by atoms with Gasteiger partial charge in [0.15, 0.2) is 0 Å². The summed E-state index contributed by atoms with van der Waals surface area (Å²) >= 11 is 0. The maximum Gasteiger partial charge on any atom is 0.243 e. The van der Waals surface area contributed by atoms with Gasteiger partial charge in [-0.1, -0.05) is 30.3 Å². The Hall–Kier alpha value is -2.88. The van der Waals surface area contributed by atoms with Gasteiger partial charge < -0.3 is 9.88 Å². The van der Waals surface area contributed by atoms with Crippen molar-refractivity contribution in [3.63, 3.8) is 0 Å². The molecule has 0 saturated carbocycles. The van der Waals surface area contributed by atoms with E-state index in [0.717, 1.165) is 28.0 Å². The van der Waals surface area contributed by atoms with Crippen molar-refractivity contribution in [2.75, 3.05) is 7.05 Å². The fraction of sp³-hybridized carbons (Fsp3) is 0.238. The molecule has 25 heavy (non-hydrogen) atoms. The van der Waals surface area contributed by atoms with E-state index in [1.165, 1.54) is 6.08 Å². The standard InChI is InChI=1S/C21H23N3O/c1-21(2,3)24-18-11-6-5-10-17(18)23-20(24)16-9-7-8-15(14-16)12-13-19(25)22-4/h5-14H,1-4H3,(H,22,25)/b13-12+. The van der Waals surface area contributed by atoms with Gasteiger partial charge in [0, 0.05) is 24.2 Å². The van der Waals surface area contributed by atoms with E-state index in [-0.39, 0.29) is 11.4 Å². The summed E-state index contributed by atoms with van der Waals surface area (Å²) in [6.07, 6.45) is 3.35. The average Bonchev–Trinajstić information content (AvgIpc) is 2.99. The minimum absolute atomic E-state index is 0.0978. The minimum Gasteiger partial charge on any atom is -0.356 e. The molecule has 0 aliphatic heterocycles. The summed E-state index contributed by atoms with van der Waals surface area (Å²) < 4.78 is 2.27. The fourth-order valence-corrected chi connectivity index (χ4v) is 2.94. The number of nitrogens with one attached hydrogen (secondary N) is 1. The predicted molar refractivity (Wildman–Crippen MR) is 103 cm³/mol. The van der Waals surface area contributed by atoms with Crippen molar-refractivity contribution in [2.24, 2.45) is 0 Å². The number of likely N-dealkylation sites (N-methyl/N-ethyl adjacent to an activating group) is 1. The molecule has 0 radical (unpaired) electrons. The van der Waals surface area contributed by atoms with Gasteiger partial charge in [0.1, 0.15) is 5.82 Å². The molecule has 0 spiro atoms. The molecule has 0 bridgehead atoms. The van der Waals surface area contributed by atoms with Crippen molar-refractivity contribution in [3.05, 3.63) is 60.2 Å². The topological polar surface area (TPSA) is 46.9 Å². The van der Waals surface area contributed by atoms with E-state index < -0.39 is 0 Å². The number of hydrogen-bond donors (Lipinski definition) is 1. The number of aromatic nitrogens is 2. The van der Waals surface area contributed by atoms with Crippen molar-refractivity contribution in [3.8, 4) is 11.4 Å². The van der Waals surface area contributed by atoms with Gasteiger partial charge in [-0.15, -0.1) is 0 Å². The number of fused-ring (bicyclic) bond motifs is 1. The van der Waals surface area contributed by atoms with Crippen LogP contribution in [-0.4, -0.2) is 22.5 Å². The van der Waals surface area contributed by atoms with Gasteiger partial charge in [0.25, 0.3) is 0 Å². The molecule has 128 valence electrons. The van der Waals surface area contributed by atoms with Crippen LogP contribution >= 0.6 is 0 Å². The molecule has 0 aliphatic carbocycles. The number of amides is 1. The third kappa shape index (κ3) is 3.48. The van der Waals surface area contributed by atoms with Gasteiger partial charge in [-0.3, -0.25) is 4.79 Å². The molecule has 0 atom stereocenters. The Labute approximate surface area is 148 Å². The van der Waals surface area contributed by atoms with Gasteiger partial charge >= 0.3 is 0 Å². The van der Waals surface area contributed by atoms with E-state index in [9.17, 15) is 4.79 Å². The van der Waals surface area contributed by atoms with E-state index in [0.29, 0.717) is 0 Å². The maximum absolute atomic E-state index is 11.4. The van der Waals surface area contributed by atoms with E-state index in [2.05, 4.69) is 48.9 Å². The number of carbonyl (C=O) groups is 1. The molecule has 3 rings (SSSR count). The van der Waals surface area contributed by atoms with Crippen LogP contribution in [0.4, 0.5) is 0 Å². The van der Waals surface area contributed by atoms with Crippen molar-refractivity contribution < 1.29 is 4.79 Å². The van der Waals surface area contributed by atoms with Gasteiger partial charge in [0.05, 0.1) is 11.0 Å². The lowest BCUT2D eigenvalue weighted by atomic mass is 10.1. The van der Waals surface area contributed by atoms with Gasteiger partial charge in [0.2, 0.25) is 5.91 Å². The van der Waals surface area contributed by atoms with Crippen LogP contribution in [0.25, 0.3) is 28.5 Å². The number of para-hydroxylation sites is 2. The Morgan fingerprint density at radius 3 is 2.60 bits per heavy atom. The normalized spacial score (nSPS) is 12.0. The molecule has 3 aromatic rings. The summed E-state index contributed by atoms with van der Waals surface area (Å²) in [5.41, 5.74) is 4.01. The van der Waals surface area contributed by atoms with E-state index in [1.54, 1.807) is 7.05 Å². The summed E-state index contributed by atoms with van der Waals surface area (Å²) in [5.74, 6) is 0.816. The van der Waals surface area contributed by atoms with Crippen molar-refractivity contribution in [1.82, 2.24) is 14.9 Å². The summed E-state index contributed by atoms with van der Waals surface area (Å²) in [4.78, 5) is 16.3. The molecule has 1 N–H and O–H groups in total. The molecular formula is C21H23N3O. The molecule has 1 heterocycles. The summed E-state index contributed by atoms with van der Waals surface area (Å²) in [7, 11) is 1.62. The quantitative estimate of drug-likeness (QED) is 0.730. The fourth-order valence-electron chi connectivity index (χ4n) is 2.94. The van der Waals surface area contributed by atoms with Crippen LogP contribution in [0.1, 0.15) is 26.3 Å². The van der Waals surface area contributed by atoms with Gasteiger partial charge in [-0.05, 0) is 50.6 Å². The molecular weight excluding hydrogens is 310 g/mol. The zero-order chi connectivity index (χ0) is 18.0. The van der Waals surface area contributed by atoms with Gasteiger partial charge in [-0.25, -0.2) is 4.98 Å². The second-order valence-electron chi connectivity index (χ2n) is 7.00. The number of rotatable bonds is 3. The second-order valence-corrected chi connectivity index (χ2v) is 7.00. The highest BCUT2D eigenvalue weighted by atomic mass is 16.1. The van der Waals surface area contributed by atoms with Crippen LogP contribution in [0.5, 0.6) is 0 Å². The molecule has 1 aromatic heterocycles. The molecule has 0 saturated heterocycles. The predicted octanol–water partition coefficient (Wildman–Crippen LogP) is 4.22. The Balaban J connectivity index is 2.14. The number of hydrogen-bond acceptors (Lipinski definition) is 2. The minimum atomic E-state index is -0.118. The molecule has 0 fully saturated rings. The monoisotopic (exact) mass is 333 g/mol. The summed E-state index contributed by atoms with van der Waals surface area (Å²) in [6.45, 7) is 6.54. The van der Waals surface area contributed by atoms with E-state index in [1.807, 2.05) is 36.4 Å². The number of benzene rings is 2. The maximum atomic E-state index is 11.4. The Kier molecular flexibility index (Phi) is 4.45. The first-order valence-electron chi connectivity index (χ1n) is 8.38. The molecule has 2 aromatic carbocycles. The van der Waals surface area contributed by atoms with E-state index in [4.69, 9.17) is 4.98 Å². The number of carbonyl (C=O) groups excluding carboxylic acids is 1. The zero-order valence-electron chi connectivity index (χ0n) is 15.1. The molecule has 4 heteroatoms. The Morgan fingerprint density at radius 1 is 1.12 bits per heavy atom. The lowest BCUT2D eigenvalue weighted by Gasteiger charge is -2.24. The van der Waals surface area contributed by atoms with Crippen LogP contribution in [0.3, 0.4) is 0 Å².